The standard InChI is InChI=1S/C17H15BrFNO/c18-14-7-11(5-6-15(14)19)8-17(21)16-9-12-3-1-2-4-13(12)10-20-16/h1-7,16,20H,8-10H2. The molecule has 1 atom stereocenters. The molecular formula is C17H15BrFNO. The SMILES string of the molecule is O=C(Cc1ccc(F)c(Br)c1)C1Cc2ccccc2CN1. The summed E-state index contributed by atoms with van der Waals surface area (Å²) in [6.45, 7) is 0.722. The average molecular weight is 348 g/mol. The van der Waals surface area contributed by atoms with Crippen molar-refractivity contribution in [2.45, 2.75) is 25.4 Å². The number of carbonyl (C=O) groups excluding carboxylic acids is 1. The summed E-state index contributed by atoms with van der Waals surface area (Å²) in [5.41, 5.74) is 3.31. The molecule has 0 saturated heterocycles. The summed E-state index contributed by atoms with van der Waals surface area (Å²) in [5.74, 6) is -0.168. The van der Waals surface area contributed by atoms with E-state index >= 15 is 0 Å². The number of carbonyl (C=O) groups is 1. The fourth-order valence-corrected chi connectivity index (χ4v) is 3.08. The summed E-state index contributed by atoms with van der Waals surface area (Å²) in [4.78, 5) is 12.4. The third-order valence-corrected chi connectivity index (χ3v) is 4.44. The van der Waals surface area contributed by atoms with Crippen molar-refractivity contribution in [3.8, 4) is 0 Å². The Morgan fingerprint density at radius 2 is 2.00 bits per heavy atom. The van der Waals surface area contributed by atoms with Gasteiger partial charge in [-0.15, -0.1) is 0 Å². The molecule has 108 valence electrons. The highest BCUT2D eigenvalue weighted by atomic mass is 79.9. The summed E-state index contributed by atoms with van der Waals surface area (Å²) in [5, 5.41) is 3.29. The molecule has 0 saturated carbocycles. The van der Waals surface area contributed by atoms with Crippen molar-refractivity contribution in [1.29, 1.82) is 0 Å². The van der Waals surface area contributed by atoms with Crippen molar-refractivity contribution < 1.29 is 9.18 Å². The van der Waals surface area contributed by atoms with Gasteiger partial charge in [0.25, 0.3) is 0 Å². The first-order valence-corrected chi connectivity index (χ1v) is 7.69. The molecule has 1 aliphatic rings. The Kier molecular flexibility index (Phi) is 4.17. The van der Waals surface area contributed by atoms with E-state index < -0.39 is 0 Å². The highest BCUT2D eigenvalue weighted by molar-refractivity contribution is 9.10. The van der Waals surface area contributed by atoms with Crippen molar-refractivity contribution >= 4 is 21.7 Å². The zero-order chi connectivity index (χ0) is 14.8. The van der Waals surface area contributed by atoms with Crippen LogP contribution in [0.4, 0.5) is 4.39 Å². The summed E-state index contributed by atoms with van der Waals surface area (Å²) in [6, 6.07) is 12.7. The van der Waals surface area contributed by atoms with Gasteiger partial charge >= 0.3 is 0 Å². The zero-order valence-electron chi connectivity index (χ0n) is 11.4. The first-order valence-electron chi connectivity index (χ1n) is 6.90. The fourth-order valence-electron chi connectivity index (χ4n) is 2.66. The molecule has 2 aromatic carbocycles. The molecule has 0 bridgehead atoms. The number of benzene rings is 2. The van der Waals surface area contributed by atoms with E-state index in [0.29, 0.717) is 10.9 Å². The van der Waals surface area contributed by atoms with Crippen LogP contribution in [0.2, 0.25) is 0 Å². The minimum Gasteiger partial charge on any atom is -0.303 e. The summed E-state index contributed by atoms with van der Waals surface area (Å²) in [6.07, 6.45) is 1.04. The van der Waals surface area contributed by atoms with Gasteiger partial charge in [-0.2, -0.15) is 0 Å². The fraction of sp³-hybridized carbons (Fsp3) is 0.235. The van der Waals surface area contributed by atoms with Crippen LogP contribution < -0.4 is 5.32 Å². The van der Waals surface area contributed by atoms with Crippen LogP contribution in [0, 0.1) is 5.82 Å². The molecule has 4 heteroatoms. The van der Waals surface area contributed by atoms with Gasteiger partial charge in [0.2, 0.25) is 0 Å². The predicted molar refractivity (Wildman–Crippen MR) is 83.6 cm³/mol. The van der Waals surface area contributed by atoms with Gasteiger partial charge in [-0.05, 0) is 51.2 Å². The minimum absolute atomic E-state index is 0.142. The molecule has 2 nitrogen and oxygen atoms in total. The van der Waals surface area contributed by atoms with E-state index in [2.05, 4.69) is 33.4 Å². The average Bonchev–Trinajstić information content (AvgIpc) is 2.50. The Bertz CT molecular complexity index is 686. The van der Waals surface area contributed by atoms with Gasteiger partial charge in [0.15, 0.2) is 5.78 Å². The number of fused-ring (bicyclic) bond motifs is 1. The molecule has 1 heterocycles. The van der Waals surface area contributed by atoms with E-state index in [1.54, 1.807) is 12.1 Å². The molecule has 2 aromatic rings. The number of halogens is 2. The second-order valence-corrected chi connectivity index (χ2v) is 6.15. The van der Waals surface area contributed by atoms with Crippen LogP contribution in [-0.2, 0) is 24.2 Å². The van der Waals surface area contributed by atoms with Gasteiger partial charge in [-0.3, -0.25) is 4.79 Å². The van der Waals surface area contributed by atoms with Crippen molar-refractivity contribution in [1.82, 2.24) is 5.32 Å². The van der Waals surface area contributed by atoms with E-state index in [4.69, 9.17) is 0 Å². The Hall–Kier alpha value is -1.52. The highest BCUT2D eigenvalue weighted by Gasteiger charge is 2.23. The molecule has 0 fully saturated rings. The molecule has 3 rings (SSSR count). The lowest BCUT2D eigenvalue weighted by Gasteiger charge is -2.25. The molecule has 1 unspecified atom stereocenters. The smallest absolute Gasteiger partial charge is 0.154 e. The van der Waals surface area contributed by atoms with Crippen LogP contribution in [0.5, 0.6) is 0 Å². The Labute approximate surface area is 131 Å². The zero-order valence-corrected chi connectivity index (χ0v) is 13.0. The molecule has 0 spiro atoms. The lowest BCUT2D eigenvalue weighted by molar-refractivity contribution is -0.120. The number of hydrogen-bond donors (Lipinski definition) is 1. The minimum atomic E-state index is -0.309. The molecule has 0 radical (unpaired) electrons. The number of Topliss-reactive ketones (excluding diaryl/α,β-unsaturated/α-hetero) is 1. The van der Waals surface area contributed by atoms with E-state index in [0.717, 1.165) is 18.5 Å². The number of ketones is 1. The van der Waals surface area contributed by atoms with Crippen LogP contribution in [-0.4, -0.2) is 11.8 Å². The maximum Gasteiger partial charge on any atom is 0.154 e. The normalized spacial score (nSPS) is 17.3. The molecule has 0 aliphatic carbocycles. The molecular weight excluding hydrogens is 333 g/mol. The Morgan fingerprint density at radius 1 is 1.24 bits per heavy atom. The van der Waals surface area contributed by atoms with E-state index in [-0.39, 0.29) is 17.6 Å². The van der Waals surface area contributed by atoms with Crippen LogP contribution in [0.15, 0.2) is 46.9 Å². The summed E-state index contributed by atoms with van der Waals surface area (Å²) in [7, 11) is 0. The third kappa shape index (κ3) is 3.22. The van der Waals surface area contributed by atoms with Gasteiger partial charge < -0.3 is 5.32 Å². The molecule has 21 heavy (non-hydrogen) atoms. The largest absolute Gasteiger partial charge is 0.303 e. The van der Waals surface area contributed by atoms with Gasteiger partial charge in [0, 0.05) is 13.0 Å². The van der Waals surface area contributed by atoms with Gasteiger partial charge in [0.1, 0.15) is 5.82 Å². The maximum absolute atomic E-state index is 13.2. The lowest BCUT2D eigenvalue weighted by atomic mass is 9.91. The van der Waals surface area contributed by atoms with Crippen LogP contribution in [0.3, 0.4) is 0 Å². The van der Waals surface area contributed by atoms with Crippen LogP contribution >= 0.6 is 15.9 Å². The molecule has 1 aliphatic heterocycles. The van der Waals surface area contributed by atoms with Crippen molar-refractivity contribution in [2.75, 3.05) is 0 Å². The van der Waals surface area contributed by atoms with Gasteiger partial charge in [-0.1, -0.05) is 30.3 Å². The number of rotatable bonds is 3. The van der Waals surface area contributed by atoms with E-state index in [1.807, 2.05) is 12.1 Å². The van der Waals surface area contributed by atoms with Gasteiger partial charge in [-0.25, -0.2) is 4.39 Å². The predicted octanol–water partition coefficient (Wildman–Crippen LogP) is 3.41. The quantitative estimate of drug-likeness (QED) is 0.921. The number of hydrogen-bond acceptors (Lipinski definition) is 2. The number of nitrogens with one attached hydrogen (secondary N) is 1. The lowest BCUT2D eigenvalue weighted by Crippen LogP contribution is -2.42. The first-order chi connectivity index (χ1) is 10.1. The summed E-state index contributed by atoms with van der Waals surface area (Å²) >= 11 is 3.15. The first kappa shape index (κ1) is 14.4. The van der Waals surface area contributed by atoms with E-state index in [9.17, 15) is 9.18 Å². The topological polar surface area (TPSA) is 29.1 Å². The Balaban J connectivity index is 1.70. The molecule has 0 amide bonds. The van der Waals surface area contributed by atoms with Gasteiger partial charge in [0.05, 0.1) is 10.5 Å². The third-order valence-electron chi connectivity index (χ3n) is 3.83. The van der Waals surface area contributed by atoms with Crippen LogP contribution in [0.1, 0.15) is 16.7 Å². The highest BCUT2D eigenvalue weighted by Crippen LogP contribution is 2.20. The Morgan fingerprint density at radius 3 is 2.76 bits per heavy atom. The van der Waals surface area contributed by atoms with Crippen LogP contribution in [0.25, 0.3) is 0 Å². The molecule has 0 aromatic heterocycles. The summed E-state index contributed by atoms with van der Waals surface area (Å²) < 4.78 is 13.6. The maximum atomic E-state index is 13.2. The van der Waals surface area contributed by atoms with Crippen molar-refractivity contribution in [3.63, 3.8) is 0 Å². The monoisotopic (exact) mass is 347 g/mol. The second kappa shape index (κ2) is 6.08. The molecule has 1 N–H and O–H groups in total. The van der Waals surface area contributed by atoms with Crippen molar-refractivity contribution in [2.24, 2.45) is 0 Å². The second-order valence-electron chi connectivity index (χ2n) is 5.30. The van der Waals surface area contributed by atoms with E-state index in [1.165, 1.54) is 17.2 Å². The van der Waals surface area contributed by atoms with Crippen molar-refractivity contribution in [3.05, 3.63) is 69.4 Å².